The second kappa shape index (κ2) is 8.73. The number of amides is 1. The number of carbonyl (C=O) groups excluding carboxylic acids is 1. The van der Waals surface area contributed by atoms with E-state index in [0.717, 1.165) is 6.42 Å². The number of rotatable bonds is 9. The van der Waals surface area contributed by atoms with Crippen molar-refractivity contribution in [3.8, 4) is 5.75 Å². The molecule has 1 unspecified atom stereocenters. The first-order valence-electron chi connectivity index (χ1n) is 7.74. The zero-order valence-electron chi connectivity index (χ0n) is 13.7. The van der Waals surface area contributed by atoms with Crippen LogP contribution >= 0.6 is 0 Å². The van der Waals surface area contributed by atoms with E-state index in [1.165, 1.54) is 12.1 Å². The zero-order chi connectivity index (χ0) is 16.6. The quantitative estimate of drug-likeness (QED) is 0.689. The minimum absolute atomic E-state index is 0.0173. The van der Waals surface area contributed by atoms with Gasteiger partial charge in [0.15, 0.2) is 0 Å². The largest absolute Gasteiger partial charge is 0.494 e. The van der Waals surface area contributed by atoms with Crippen LogP contribution in [0.1, 0.15) is 40.0 Å². The lowest BCUT2D eigenvalue weighted by Crippen LogP contribution is -2.52. The number of nitrogens with one attached hydrogen (secondary N) is 1. The van der Waals surface area contributed by atoms with Gasteiger partial charge in [0.1, 0.15) is 11.6 Å². The molecular weight excluding hydrogens is 283 g/mol. The van der Waals surface area contributed by atoms with E-state index in [9.17, 15) is 9.18 Å². The molecule has 1 atom stereocenters. The van der Waals surface area contributed by atoms with Crippen molar-refractivity contribution < 1.29 is 13.9 Å². The Bertz CT molecular complexity index is 462. The highest BCUT2D eigenvalue weighted by Crippen LogP contribution is 2.16. The van der Waals surface area contributed by atoms with Gasteiger partial charge in [0.2, 0.25) is 5.91 Å². The summed E-state index contributed by atoms with van der Waals surface area (Å²) in [6.45, 7) is 7.03. The highest BCUT2D eigenvalue weighted by molar-refractivity contribution is 5.76. The first-order chi connectivity index (χ1) is 10.3. The first-order valence-corrected chi connectivity index (χ1v) is 7.74. The van der Waals surface area contributed by atoms with Gasteiger partial charge in [-0.15, -0.1) is 0 Å². The van der Waals surface area contributed by atoms with Gasteiger partial charge in [0.25, 0.3) is 0 Å². The third kappa shape index (κ3) is 6.89. The number of benzene rings is 1. The molecule has 0 radical (unpaired) electrons. The molecule has 0 aliphatic heterocycles. The lowest BCUT2D eigenvalue weighted by Gasteiger charge is -2.31. The molecule has 1 aromatic rings. The average Bonchev–Trinajstić information content (AvgIpc) is 2.44. The normalized spacial score (nSPS) is 13.7. The van der Waals surface area contributed by atoms with E-state index < -0.39 is 0 Å². The van der Waals surface area contributed by atoms with Crippen LogP contribution in [0.25, 0.3) is 0 Å². The summed E-state index contributed by atoms with van der Waals surface area (Å²) in [6.07, 6.45) is 1.84. The van der Waals surface area contributed by atoms with Crippen LogP contribution in [0, 0.1) is 11.7 Å². The van der Waals surface area contributed by atoms with Gasteiger partial charge in [0.05, 0.1) is 6.61 Å². The summed E-state index contributed by atoms with van der Waals surface area (Å²) >= 11 is 0. The molecule has 124 valence electrons. The van der Waals surface area contributed by atoms with Crippen molar-refractivity contribution >= 4 is 5.91 Å². The first kappa shape index (κ1) is 18.4. The molecule has 1 aromatic carbocycles. The maximum atomic E-state index is 12.7. The topological polar surface area (TPSA) is 64.3 Å². The molecule has 3 N–H and O–H groups in total. The van der Waals surface area contributed by atoms with Gasteiger partial charge >= 0.3 is 0 Å². The third-order valence-corrected chi connectivity index (χ3v) is 3.38. The summed E-state index contributed by atoms with van der Waals surface area (Å²) in [5.41, 5.74) is 5.42. The van der Waals surface area contributed by atoms with Crippen molar-refractivity contribution in [3.63, 3.8) is 0 Å². The summed E-state index contributed by atoms with van der Waals surface area (Å²) in [7, 11) is 0. The molecule has 4 nitrogen and oxygen atoms in total. The molecule has 5 heteroatoms. The SMILES string of the molecule is CC(C)CC(C)(CN)NC(=O)CCCOc1ccc(F)cc1. The van der Waals surface area contributed by atoms with E-state index in [1.807, 2.05) is 6.92 Å². The minimum Gasteiger partial charge on any atom is -0.494 e. The van der Waals surface area contributed by atoms with E-state index in [-0.39, 0.29) is 17.3 Å². The Morgan fingerprint density at radius 1 is 1.36 bits per heavy atom. The number of hydrogen-bond acceptors (Lipinski definition) is 3. The van der Waals surface area contributed by atoms with Crippen LogP contribution in [0.2, 0.25) is 0 Å². The summed E-state index contributed by atoms with van der Waals surface area (Å²) in [4.78, 5) is 12.0. The Balaban J connectivity index is 2.29. The molecule has 0 aliphatic carbocycles. The molecule has 0 bridgehead atoms. The van der Waals surface area contributed by atoms with Gasteiger partial charge in [-0.2, -0.15) is 0 Å². The van der Waals surface area contributed by atoms with Crippen LogP contribution in [0.5, 0.6) is 5.75 Å². The Hall–Kier alpha value is -1.62. The molecule has 1 amide bonds. The van der Waals surface area contributed by atoms with E-state index in [4.69, 9.17) is 10.5 Å². The van der Waals surface area contributed by atoms with Crippen LogP contribution in [0.15, 0.2) is 24.3 Å². The van der Waals surface area contributed by atoms with Crippen LogP contribution in [0.3, 0.4) is 0 Å². The summed E-state index contributed by atoms with van der Waals surface area (Å²) < 4.78 is 18.2. The standard InChI is InChI=1S/C17H27FN2O2/c1-13(2)11-17(3,12-19)20-16(21)5-4-10-22-15-8-6-14(18)7-9-15/h6-9,13H,4-5,10-12,19H2,1-3H3,(H,20,21). The summed E-state index contributed by atoms with van der Waals surface area (Å²) in [6, 6.07) is 5.84. The number of hydrogen-bond donors (Lipinski definition) is 2. The Kier molecular flexibility index (Phi) is 7.32. The molecule has 0 fully saturated rings. The fourth-order valence-corrected chi connectivity index (χ4v) is 2.44. The van der Waals surface area contributed by atoms with E-state index in [1.54, 1.807) is 12.1 Å². The molecule has 0 aromatic heterocycles. The van der Waals surface area contributed by atoms with E-state index in [2.05, 4.69) is 19.2 Å². The van der Waals surface area contributed by atoms with Crippen molar-refractivity contribution in [1.82, 2.24) is 5.32 Å². The van der Waals surface area contributed by atoms with Crippen molar-refractivity contribution in [2.24, 2.45) is 11.7 Å². The zero-order valence-corrected chi connectivity index (χ0v) is 13.7. The molecule has 0 saturated carbocycles. The van der Waals surface area contributed by atoms with Gasteiger partial charge in [-0.3, -0.25) is 4.79 Å². The fourth-order valence-electron chi connectivity index (χ4n) is 2.44. The highest BCUT2D eigenvalue weighted by atomic mass is 19.1. The van der Waals surface area contributed by atoms with Gasteiger partial charge in [-0.05, 0) is 49.9 Å². The second-order valence-electron chi connectivity index (χ2n) is 6.32. The smallest absolute Gasteiger partial charge is 0.220 e. The van der Waals surface area contributed by atoms with Gasteiger partial charge < -0.3 is 15.8 Å². The lowest BCUT2D eigenvalue weighted by atomic mass is 9.90. The second-order valence-corrected chi connectivity index (χ2v) is 6.32. The maximum Gasteiger partial charge on any atom is 0.220 e. The number of ether oxygens (including phenoxy) is 1. The van der Waals surface area contributed by atoms with Crippen LogP contribution in [0.4, 0.5) is 4.39 Å². The van der Waals surface area contributed by atoms with Crippen LogP contribution in [-0.4, -0.2) is 24.6 Å². The third-order valence-electron chi connectivity index (χ3n) is 3.38. The van der Waals surface area contributed by atoms with Gasteiger partial charge in [0, 0.05) is 18.5 Å². The van der Waals surface area contributed by atoms with E-state index in [0.29, 0.717) is 37.7 Å². The maximum absolute atomic E-state index is 12.7. The Labute approximate surface area is 132 Å². The molecule has 0 spiro atoms. The molecule has 22 heavy (non-hydrogen) atoms. The average molecular weight is 310 g/mol. The lowest BCUT2D eigenvalue weighted by molar-refractivity contribution is -0.123. The number of carbonyl (C=O) groups is 1. The molecule has 1 rings (SSSR count). The van der Waals surface area contributed by atoms with Gasteiger partial charge in [-0.1, -0.05) is 13.8 Å². The van der Waals surface area contributed by atoms with Crippen molar-refractivity contribution in [2.45, 2.75) is 45.6 Å². The van der Waals surface area contributed by atoms with Crippen LogP contribution in [-0.2, 0) is 4.79 Å². The molecule has 0 aliphatic rings. The highest BCUT2D eigenvalue weighted by Gasteiger charge is 2.25. The minimum atomic E-state index is -0.358. The van der Waals surface area contributed by atoms with Crippen molar-refractivity contribution in [3.05, 3.63) is 30.1 Å². The van der Waals surface area contributed by atoms with Crippen molar-refractivity contribution in [2.75, 3.05) is 13.2 Å². The number of nitrogens with two attached hydrogens (primary N) is 1. The Morgan fingerprint density at radius 2 is 2.00 bits per heavy atom. The molecular formula is C17H27FN2O2. The van der Waals surface area contributed by atoms with Crippen LogP contribution < -0.4 is 15.8 Å². The monoisotopic (exact) mass is 310 g/mol. The number of halogens is 1. The predicted octanol–water partition coefficient (Wildman–Crippen LogP) is 2.86. The predicted molar refractivity (Wildman–Crippen MR) is 86.2 cm³/mol. The molecule has 0 saturated heterocycles. The summed E-state index contributed by atoms with van der Waals surface area (Å²) in [5, 5.41) is 3.01. The summed E-state index contributed by atoms with van der Waals surface area (Å²) in [5.74, 6) is 0.762. The molecule has 0 heterocycles. The fraction of sp³-hybridized carbons (Fsp3) is 0.588. The van der Waals surface area contributed by atoms with Crippen molar-refractivity contribution in [1.29, 1.82) is 0 Å². The van der Waals surface area contributed by atoms with Gasteiger partial charge in [-0.25, -0.2) is 4.39 Å². The van der Waals surface area contributed by atoms with E-state index >= 15 is 0 Å². The Morgan fingerprint density at radius 3 is 2.55 bits per heavy atom.